The third-order valence-corrected chi connectivity index (χ3v) is 9.01. The van der Waals surface area contributed by atoms with E-state index in [1.54, 1.807) is 6.33 Å². The van der Waals surface area contributed by atoms with Crippen LogP contribution in [0.3, 0.4) is 0 Å². The number of fused-ring (bicyclic) bond motifs is 1. The predicted octanol–water partition coefficient (Wildman–Crippen LogP) is 5.72. The van der Waals surface area contributed by atoms with Crippen LogP contribution < -0.4 is 0 Å². The van der Waals surface area contributed by atoms with Crippen molar-refractivity contribution in [2.45, 2.75) is 83.5 Å². The van der Waals surface area contributed by atoms with Crippen molar-refractivity contribution in [2.75, 3.05) is 19.7 Å². The highest BCUT2D eigenvalue weighted by molar-refractivity contribution is 6.76. The molecule has 4 rings (SSSR count). The number of hydrogen-bond donors (Lipinski definition) is 0. The molecule has 3 aromatic rings. The normalized spacial score (nSPS) is 16.8. The first-order chi connectivity index (χ1) is 16.8. The summed E-state index contributed by atoms with van der Waals surface area (Å²) in [6.45, 7) is 14.7. The fraction of sp³-hybridized carbons (Fsp3) is 0.593. The molecule has 3 aromatic heterocycles. The average Bonchev–Trinajstić information content (AvgIpc) is 3.45. The van der Waals surface area contributed by atoms with Crippen LogP contribution in [0.15, 0.2) is 37.1 Å². The van der Waals surface area contributed by atoms with Crippen LogP contribution in [0.5, 0.6) is 0 Å². The summed E-state index contributed by atoms with van der Waals surface area (Å²) in [5, 5.41) is 10.6. The molecule has 7 nitrogen and oxygen atoms in total. The summed E-state index contributed by atoms with van der Waals surface area (Å²) in [6.07, 6.45) is 12.0. The number of nitriles is 1. The number of aromatic nitrogens is 4. The van der Waals surface area contributed by atoms with Crippen LogP contribution in [0.1, 0.15) is 39.5 Å². The highest BCUT2D eigenvalue weighted by atomic mass is 28.3. The second-order valence-corrected chi connectivity index (χ2v) is 16.8. The molecule has 1 aliphatic heterocycles. The molecule has 1 aliphatic rings. The van der Waals surface area contributed by atoms with E-state index in [1.807, 2.05) is 6.20 Å². The van der Waals surface area contributed by atoms with Crippen LogP contribution >= 0.6 is 0 Å². The van der Waals surface area contributed by atoms with Crippen molar-refractivity contribution in [3.8, 4) is 17.3 Å². The molecule has 4 heterocycles. The lowest BCUT2D eigenvalue weighted by molar-refractivity contribution is -0.0222. The number of ether oxygens (including phenoxy) is 1. The zero-order valence-corrected chi connectivity index (χ0v) is 23.0. The lowest BCUT2D eigenvalue weighted by atomic mass is 9.84. The maximum Gasteiger partial charge on any atom is 0.145 e. The largest absolute Gasteiger partial charge is 0.361 e. The van der Waals surface area contributed by atoms with E-state index in [0.29, 0.717) is 19.2 Å². The maximum atomic E-state index is 9.60. The third kappa shape index (κ3) is 5.53. The van der Waals surface area contributed by atoms with Gasteiger partial charge in [-0.2, -0.15) is 5.26 Å². The van der Waals surface area contributed by atoms with Gasteiger partial charge in [-0.15, -0.1) is 0 Å². The molecule has 0 saturated carbocycles. The molecule has 35 heavy (non-hydrogen) atoms. The molecule has 0 radical (unpaired) electrons. The molecule has 8 heteroatoms. The summed E-state index contributed by atoms with van der Waals surface area (Å²) in [5.74, 6) is 0. The molecule has 1 fully saturated rings. The minimum atomic E-state index is -1.11. The molecule has 188 valence electrons. The molecule has 1 unspecified atom stereocenters. The fourth-order valence-electron chi connectivity index (χ4n) is 5.17. The molecular weight excluding hydrogens is 452 g/mol. The van der Waals surface area contributed by atoms with E-state index in [-0.39, 0.29) is 5.54 Å². The Morgan fingerprint density at radius 1 is 1.17 bits per heavy atom. The first-order valence-electron chi connectivity index (χ1n) is 13.0. The van der Waals surface area contributed by atoms with Gasteiger partial charge in [0, 0.05) is 63.4 Å². The Morgan fingerprint density at radius 3 is 2.66 bits per heavy atom. The Bertz CT molecular complexity index is 1160. The van der Waals surface area contributed by atoms with Crippen LogP contribution in [-0.2, 0) is 17.0 Å². The van der Waals surface area contributed by atoms with E-state index < -0.39 is 8.07 Å². The highest BCUT2D eigenvalue weighted by Gasteiger charge is 2.46. The van der Waals surface area contributed by atoms with E-state index in [0.717, 1.165) is 54.5 Å². The zero-order valence-electron chi connectivity index (χ0n) is 22.0. The van der Waals surface area contributed by atoms with Crippen molar-refractivity contribution in [1.29, 1.82) is 5.26 Å². The van der Waals surface area contributed by atoms with Gasteiger partial charge in [-0.25, -0.2) is 9.97 Å². The van der Waals surface area contributed by atoms with Crippen molar-refractivity contribution in [1.82, 2.24) is 24.0 Å². The van der Waals surface area contributed by atoms with E-state index in [1.165, 1.54) is 12.8 Å². The average molecular weight is 493 g/mol. The molecule has 1 saturated heterocycles. The summed E-state index contributed by atoms with van der Waals surface area (Å²) >= 11 is 0. The summed E-state index contributed by atoms with van der Waals surface area (Å²) < 4.78 is 10.3. The fourth-order valence-corrected chi connectivity index (χ4v) is 5.93. The molecule has 0 aromatic carbocycles. The standard InChI is InChI=1S/C27H40N6OSi/c1-6-8-23(7-2)32-18-27(19-32,11-12-28)33-14-9-22(17-33)25-24-10-13-31(26(24)30-20-29-25)21-34-15-16-35(3,4)5/h9-10,13-14,17,20,23H,6-8,11,15-16,18-19,21H2,1-5H3. The van der Waals surface area contributed by atoms with Crippen LogP contribution in [0.4, 0.5) is 0 Å². The molecule has 0 bridgehead atoms. The smallest absolute Gasteiger partial charge is 0.145 e. The number of nitrogens with zero attached hydrogens (tertiary/aromatic N) is 6. The molecule has 0 amide bonds. The van der Waals surface area contributed by atoms with Gasteiger partial charge in [0.05, 0.1) is 23.7 Å². The minimum absolute atomic E-state index is 0.156. The van der Waals surface area contributed by atoms with E-state index in [9.17, 15) is 5.26 Å². The van der Waals surface area contributed by atoms with Crippen molar-refractivity contribution in [3.63, 3.8) is 0 Å². The van der Waals surface area contributed by atoms with Gasteiger partial charge < -0.3 is 13.9 Å². The van der Waals surface area contributed by atoms with Gasteiger partial charge in [0.2, 0.25) is 0 Å². The van der Waals surface area contributed by atoms with Crippen molar-refractivity contribution in [3.05, 3.63) is 37.1 Å². The molecule has 0 spiro atoms. The quantitative estimate of drug-likeness (QED) is 0.239. The predicted molar refractivity (Wildman–Crippen MR) is 144 cm³/mol. The third-order valence-electron chi connectivity index (χ3n) is 7.31. The Morgan fingerprint density at radius 2 is 1.97 bits per heavy atom. The monoisotopic (exact) mass is 492 g/mol. The van der Waals surface area contributed by atoms with Crippen LogP contribution in [0.2, 0.25) is 25.7 Å². The number of likely N-dealkylation sites (tertiary alicyclic amines) is 1. The van der Waals surface area contributed by atoms with Gasteiger partial charge in [0.15, 0.2) is 0 Å². The second kappa shape index (κ2) is 10.6. The SMILES string of the molecule is CCCC(CC)N1CC(CC#N)(n2ccc(-c3ncnc4c3ccn4COCC[Si](C)(C)C)c2)C1. The summed E-state index contributed by atoms with van der Waals surface area (Å²) in [6, 6.07) is 8.41. The lowest BCUT2D eigenvalue weighted by Gasteiger charge is -2.53. The van der Waals surface area contributed by atoms with Gasteiger partial charge in [0.25, 0.3) is 0 Å². The Kier molecular flexibility index (Phi) is 7.79. The zero-order chi connectivity index (χ0) is 25.1. The second-order valence-electron chi connectivity index (χ2n) is 11.2. The summed E-state index contributed by atoms with van der Waals surface area (Å²) in [7, 11) is -1.11. The first-order valence-corrected chi connectivity index (χ1v) is 16.7. The van der Waals surface area contributed by atoms with Gasteiger partial charge in [0.1, 0.15) is 18.7 Å². The van der Waals surface area contributed by atoms with Gasteiger partial charge in [-0.3, -0.25) is 4.90 Å². The van der Waals surface area contributed by atoms with Gasteiger partial charge in [-0.1, -0.05) is 39.9 Å². The molecule has 0 N–H and O–H groups in total. The van der Waals surface area contributed by atoms with Crippen molar-refractivity contribution in [2.24, 2.45) is 0 Å². The minimum Gasteiger partial charge on any atom is -0.361 e. The van der Waals surface area contributed by atoms with Crippen LogP contribution in [0, 0.1) is 11.3 Å². The van der Waals surface area contributed by atoms with Crippen molar-refractivity contribution < 1.29 is 4.74 Å². The lowest BCUT2D eigenvalue weighted by Crippen LogP contribution is -2.64. The van der Waals surface area contributed by atoms with E-state index >= 15 is 0 Å². The topological polar surface area (TPSA) is 71.9 Å². The Balaban J connectivity index is 1.52. The first kappa shape index (κ1) is 25.6. The number of rotatable bonds is 12. The Hall–Kier alpha value is -2.47. The summed E-state index contributed by atoms with van der Waals surface area (Å²) in [4.78, 5) is 11.7. The molecule has 1 atom stereocenters. The maximum absolute atomic E-state index is 9.60. The molecule has 0 aliphatic carbocycles. The van der Waals surface area contributed by atoms with Gasteiger partial charge >= 0.3 is 0 Å². The highest BCUT2D eigenvalue weighted by Crippen LogP contribution is 2.37. The Labute approximate surface area is 210 Å². The van der Waals surface area contributed by atoms with E-state index in [4.69, 9.17) is 4.74 Å². The van der Waals surface area contributed by atoms with Gasteiger partial charge in [-0.05, 0) is 31.0 Å². The number of hydrogen-bond acceptors (Lipinski definition) is 5. The van der Waals surface area contributed by atoms with Crippen LogP contribution in [0.25, 0.3) is 22.3 Å². The van der Waals surface area contributed by atoms with Crippen molar-refractivity contribution >= 4 is 19.1 Å². The summed E-state index contributed by atoms with van der Waals surface area (Å²) in [5.41, 5.74) is 2.72. The molecular formula is C27H40N6OSi. The van der Waals surface area contributed by atoms with E-state index in [2.05, 4.69) is 88.1 Å². The van der Waals surface area contributed by atoms with Crippen LogP contribution in [-0.4, -0.2) is 57.8 Å².